The van der Waals surface area contributed by atoms with Gasteiger partial charge in [-0.2, -0.15) is 4.31 Å². The van der Waals surface area contributed by atoms with Crippen molar-refractivity contribution < 1.29 is 23.7 Å². The highest BCUT2D eigenvalue weighted by molar-refractivity contribution is 8.22. The molecule has 0 spiro atoms. The number of rotatable bonds is 10. The Morgan fingerprint density at radius 3 is 2.69 bits per heavy atom. The third-order valence-corrected chi connectivity index (χ3v) is 9.36. The van der Waals surface area contributed by atoms with Gasteiger partial charge in [0.05, 0.1) is 29.2 Å². The van der Waals surface area contributed by atoms with Gasteiger partial charge in [-0.15, -0.1) is 15.9 Å². The first-order chi connectivity index (χ1) is 18.4. The molecule has 0 bridgehead atoms. The minimum atomic E-state index is -3.20. The predicted molar refractivity (Wildman–Crippen MR) is 151 cm³/mol. The van der Waals surface area contributed by atoms with Crippen LogP contribution in [0.4, 0.5) is 0 Å². The Kier molecular flexibility index (Phi) is 8.82. The van der Waals surface area contributed by atoms with Crippen molar-refractivity contribution in [2.75, 3.05) is 6.54 Å². The molecule has 2 unspecified atom stereocenters. The fourth-order valence-electron chi connectivity index (χ4n) is 5.08. The smallest absolute Gasteiger partial charge is 0.312 e. The predicted octanol–water partition coefficient (Wildman–Crippen LogP) is 6.08. The molecule has 10 heteroatoms. The molecule has 0 amide bonds. The van der Waals surface area contributed by atoms with Crippen molar-refractivity contribution >= 4 is 16.7 Å². The molecular formula is C29H40N4O5S. The minimum absolute atomic E-state index is 0.120. The van der Waals surface area contributed by atoms with Crippen molar-refractivity contribution in [2.45, 2.75) is 78.2 Å². The quantitative estimate of drug-likeness (QED) is 0.275. The molecule has 3 aromatic rings. The number of aromatic nitrogens is 3. The van der Waals surface area contributed by atoms with Crippen LogP contribution < -0.4 is 0 Å². The van der Waals surface area contributed by atoms with E-state index in [0.29, 0.717) is 29.2 Å². The number of hydrogen-bond donors (Lipinski definition) is 3. The third kappa shape index (κ3) is 6.36. The molecule has 0 saturated heterocycles. The molecule has 9 nitrogen and oxygen atoms in total. The Bertz CT molecular complexity index is 1310. The van der Waals surface area contributed by atoms with Crippen molar-refractivity contribution in [2.24, 2.45) is 11.3 Å². The summed E-state index contributed by atoms with van der Waals surface area (Å²) in [7, 11) is -3.20. The van der Waals surface area contributed by atoms with Gasteiger partial charge in [0.25, 0.3) is 0 Å². The fraction of sp³-hybridized carbons (Fsp3) is 0.483. The molecule has 39 heavy (non-hydrogen) atoms. The van der Waals surface area contributed by atoms with Crippen LogP contribution in [0.5, 0.6) is 0 Å². The van der Waals surface area contributed by atoms with Crippen molar-refractivity contribution in [3.63, 3.8) is 0 Å². The van der Waals surface area contributed by atoms with Crippen molar-refractivity contribution in [1.29, 1.82) is 0 Å². The number of aliphatic carboxylic acids is 1. The van der Waals surface area contributed by atoms with E-state index in [2.05, 4.69) is 24.2 Å². The number of nitrogens with zero attached hydrogens (tertiary/aromatic N) is 4. The van der Waals surface area contributed by atoms with E-state index in [9.17, 15) is 19.0 Å². The number of carbonyl (C=O) groups is 1. The molecule has 0 radical (unpaired) electrons. The molecule has 1 aliphatic heterocycles. The summed E-state index contributed by atoms with van der Waals surface area (Å²) in [5, 5.41) is 18.3. The second kappa shape index (κ2) is 11.8. The van der Waals surface area contributed by atoms with E-state index in [1.54, 1.807) is 28.9 Å². The Morgan fingerprint density at radius 1 is 1.23 bits per heavy atom. The SMILES string of the molecule is CCCn1cc(COC(c2ccc(C)c(CN3CC(C)Cc4ccccc4S3(O)O)c2)C(C)(C)C(=O)O)nn1. The van der Waals surface area contributed by atoms with Gasteiger partial charge in [-0.3, -0.25) is 18.6 Å². The molecule has 2 aromatic carbocycles. The monoisotopic (exact) mass is 556 g/mol. The van der Waals surface area contributed by atoms with E-state index in [4.69, 9.17) is 4.74 Å². The van der Waals surface area contributed by atoms with E-state index in [1.807, 2.05) is 49.5 Å². The highest BCUT2D eigenvalue weighted by Crippen LogP contribution is 2.56. The lowest BCUT2D eigenvalue weighted by atomic mass is 9.81. The van der Waals surface area contributed by atoms with Gasteiger partial charge in [0, 0.05) is 19.6 Å². The molecule has 3 N–H and O–H groups in total. The summed E-state index contributed by atoms with van der Waals surface area (Å²) in [6.07, 6.45) is 2.75. The number of aryl methyl sites for hydroxylation is 2. The standard InChI is InChI=1S/C29H40N4O5S/c1-6-13-32-18-25(30-31-32)19-38-27(29(4,5)28(34)35)23-12-11-21(3)24(15-23)17-33-16-20(2)14-22-9-7-8-10-26(22)39(33,36)37/h7-12,15,18,20,27,36-37H,6,13-14,16-17,19H2,1-5H3,(H,34,35). The summed E-state index contributed by atoms with van der Waals surface area (Å²) in [6.45, 7) is 11.2. The Labute approximate surface area is 232 Å². The first-order valence-corrected chi connectivity index (χ1v) is 14.9. The second-order valence-corrected chi connectivity index (χ2v) is 13.1. The van der Waals surface area contributed by atoms with E-state index in [-0.39, 0.29) is 12.5 Å². The van der Waals surface area contributed by atoms with Crippen LogP contribution in [0.1, 0.15) is 68.2 Å². The van der Waals surface area contributed by atoms with Crippen molar-refractivity contribution in [3.8, 4) is 0 Å². The molecule has 1 aliphatic rings. The van der Waals surface area contributed by atoms with E-state index < -0.39 is 28.3 Å². The zero-order valence-electron chi connectivity index (χ0n) is 23.4. The van der Waals surface area contributed by atoms with Gasteiger partial charge in [-0.25, -0.2) is 0 Å². The second-order valence-electron chi connectivity index (χ2n) is 11.1. The van der Waals surface area contributed by atoms with Crippen LogP contribution in [0, 0.1) is 18.3 Å². The number of hydrogen-bond acceptors (Lipinski definition) is 7. The summed E-state index contributed by atoms with van der Waals surface area (Å²) < 4.78 is 32.6. The topological polar surface area (TPSA) is 121 Å². The average molecular weight is 557 g/mol. The molecule has 0 saturated carbocycles. The lowest BCUT2D eigenvalue weighted by Gasteiger charge is -2.43. The number of carboxylic acids is 1. The van der Waals surface area contributed by atoms with Crippen LogP contribution >= 0.6 is 10.8 Å². The normalized spacial score (nSPS) is 19.2. The van der Waals surface area contributed by atoms with Crippen molar-refractivity contribution in [1.82, 2.24) is 19.3 Å². The average Bonchev–Trinajstić information content (AvgIpc) is 3.29. The first-order valence-electron chi connectivity index (χ1n) is 13.4. The summed E-state index contributed by atoms with van der Waals surface area (Å²) >= 11 is 0. The molecule has 2 heterocycles. The summed E-state index contributed by atoms with van der Waals surface area (Å²) in [4.78, 5) is 12.9. The largest absolute Gasteiger partial charge is 0.481 e. The number of fused-ring (bicyclic) bond motifs is 1. The van der Waals surface area contributed by atoms with Crippen LogP contribution in [0.2, 0.25) is 0 Å². The molecule has 0 fully saturated rings. The van der Waals surface area contributed by atoms with Crippen LogP contribution in [0.3, 0.4) is 0 Å². The molecular weight excluding hydrogens is 516 g/mol. The van der Waals surface area contributed by atoms with E-state index >= 15 is 0 Å². The zero-order valence-corrected chi connectivity index (χ0v) is 24.2. The molecule has 212 valence electrons. The van der Waals surface area contributed by atoms with Crippen LogP contribution in [-0.2, 0) is 35.6 Å². The fourth-order valence-corrected chi connectivity index (χ4v) is 6.91. The first kappa shape index (κ1) is 29.2. The Morgan fingerprint density at radius 2 is 1.97 bits per heavy atom. The Hall–Kier alpha value is -2.76. The maximum Gasteiger partial charge on any atom is 0.312 e. The molecule has 4 rings (SSSR count). The number of carboxylic acid groups (broad SMARTS) is 1. The summed E-state index contributed by atoms with van der Waals surface area (Å²) in [5.41, 5.74) is 2.95. The molecule has 2 atom stereocenters. The van der Waals surface area contributed by atoms with Crippen molar-refractivity contribution in [3.05, 3.63) is 76.6 Å². The van der Waals surface area contributed by atoms with Gasteiger partial charge in [-0.05, 0) is 67.9 Å². The maximum absolute atomic E-state index is 12.3. The van der Waals surface area contributed by atoms with Crippen LogP contribution in [-0.4, -0.2) is 46.0 Å². The minimum Gasteiger partial charge on any atom is -0.481 e. The van der Waals surface area contributed by atoms with E-state index in [1.165, 1.54) is 0 Å². The van der Waals surface area contributed by atoms with E-state index in [0.717, 1.165) is 36.1 Å². The van der Waals surface area contributed by atoms with Crippen LogP contribution in [0.15, 0.2) is 53.6 Å². The van der Waals surface area contributed by atoms with Crippen LogP contribution in [0.25, 0.3) is 0 Å². The summed E-state index contributed by atoms with van der Waals surface area (Å²) in [5.74, 6) is -0.747. The molecule has 1 aromatic heterocycles. The summed E-state index contributed by atoms with van der Waals surface area (Å²) in [6, 6.07) is 13.3. The number of ether oxygens (including phenoxy) is 1. The van der Waals surface area contributed by atoms with Gasteiger partial charge >= 0.3 is 5.97 Å². The lowest BCUT2D eigenvalue weighted by Crippen LogP contribution is -2.33. The Balaban J connectivity index is 1.64. The highest BCUT2D eigenvalue weighted by atomic mass is 32.3. The highest BCUT2D eigenvalue weighted by Gasteiger charge is 2.40. The third-order valence-electron chi connectivity index (χ3n) is 7.38. The maximum atomic E-state index is 12.3. The van der Waals surface area contributed by atoms with Gasteiger partial charge in [-0.1, -0.05) is 55.5 Å². The zero-order chi connectivity index (χ0) is 28.4. The number of benzene rings is 2. The lowest BCUT2D eigenvalue weighted by molar-refractivity contribution is -0.158. The van der Waals surface area contributed by atoms with Gasteiger partial charge in [0.15, 0.2) is 0 Å². The van der Waals surface area contributed by atoms with Gasteiger partial charge in [0.1, 0.15) is 5.69 Å². The molecule has 0 aliphatic carbocycles. The van der Waals surface area contributed by atoms with Gasteiger partial charge < -0.3 is 9.84 Å². The van der Waals surface area contributed by atoms with Gasteiger partial charge in [0.2, 0.25) is 0 Å².